The summed E-state index contributed by atoms with van der Waals surface area (Å²) in [4.78, 5) is 20.7. The molecule has 184 valence electrons. The fraction of sp³-hybridized carbons (Fsp3) is 0.500. The highest BCUT2D eigenvalue weighted by Gasteiger charge is 2.32. The third kappa shape index (κ3) is 8.99. The number of likely N-dealkylation sites (N-methyl/N-ethyl adjacent to an activating group) is 2. The molecule has 0 radical (unpaired) electrons. The van der Waals surface area contributed by atoms with Crippen molar-refractivity contribution in [1.82, 2.24) is 9.80 Å². The van der Waals surface area contributed by atoms with Gasteiger partial charge in [-0.1, -0.05) is 89.4 Å². The van der Waals surface area contributed by atoms with Crippen LogP contribution in [0.4, 0.5) is 0 Å². The Labute approximate surface area is 227 Å². The number of carbonyl (C=O) groups is 1. The van der Waals surface area contributed by atoms with E-state index < -0.39 is 11.9 Å². The topological polar surface area (TPSA) is 53.0 Å². The molecule has 0 aromatic heterocycles. The standard InChI is InChI=1S/C24H32N2O3.2CH3I/c1-4-26(5-2)16-15-25(3)14-8-9-18-12-13-20-22(17-18)29-21-11-7-6-10-19(21)23(20)24(27)28;2*1-2/h6-7,10-13,17,23H,4-5,8-9,14-16H2,1-3H3,(H,27,28);2*1H3. The Hall–Kier alpha value is -0.910. The number of benzene rings is 2. The third-order valence-corrected chi connectivity index (χ3v) is 5.78. The first kappa shape index (κ1) is 30.1. The van der Waals surface area contributed by atoms with Gasteiger partial charge in [-0.25, -0.2) is 0 Å². The van der Waals surface area contributed by atoms with Crippen molar-refractivity contribution < 1.29 is 14.6 Å². The molecule has 1 heterocycles. The van der Waals surface area contributed by atoms with Crippen molar-refractivity contribution in [2.45, 2.75) is 32.6 Å². The zero-order valence-electron chi connectivity index (χ0n) is 20.5. The van der Waals surface area contributed by atoms with Gasteiger partial charge in [-0.2, -0.15) is 0 Å². The van der Waals surface area contributed by atoms with E-state index in [0.717, 1.165) is 56.7 Å². The SMILES string of the molecule is CCN(CC)CCN(C)CCCc1ccc2c(c1)Oc1ccccc1C2C(=O)O.CI.CI. The van der Waals surface area contributed by atoms with Crippen LogP contribution in [0.2, 0.25) is 0 Å². The maximum atomic E-state index is 11.9. The largest absolute Gasteiger partial charge is 0.481 e. The highest BCUT2D eigenvalue weighted by Crippen LogP contribution is 2.44. The second-order valence-corrected chi connectivity index (χ2v) is 7.72. The first-order valence-corrected chi connectivity index (χ1v) is 15.6. The van der Waals surface area contributed by atoms with Gasteiger partial charge in [-0.05, 0) is 67.1 Å². The molecule has 1 atom stereocenters. The van der Waals surface area contributed by atoms with Crippen molar-refractivity contribution in [3.63, 3.8) is 0 Å². The van der Waals surface area contributed by atoms with Crippen molar-refractivity contribution in [2.75, 3.05) is 49.6 Å². The lowest BCUT2D eigenvalue weighted by Crippen LogP contribution is -2.33. The molecule has 0 saturated heterocycles. The molecule has 1 unspecified atom stereocenters. The number of nitrogens with zero attached hydrogens (tertiary/aromatic N) is 2. The average Bonchev–Trinajstić information content (AvgIpc) is 2.85. The number of aryl methyl sites for hydroxylation is 1. The summed E-state index contributed by atoms with van der Waals surface area (Å²) in [5.74, 6) is -0.205. The molecule has 0 spiro atoms. The van der Waals surface area contributed by atoms with Gasteiger partial charge in [0.2, 0.25) is 0 Å². The summed E-state index contributed by atoms with van der Waals surface area (Å²) in [5, 5.41) is 9.76. The highest BCUT2D eigenvalue weighted by atomic mass is 127. The number of halogens is 2. The minimum atomic E-state index is -0.843. The zero-order chi connectivity index (χ0) is 24.8. The molecule has 2 aromatic carbocycles. The van der Waals surface area contributed by atoms with Gasteiger partial charge in [0.05, 0.1) is 0 Å². The number of alkyl halides is 2. The summed E-state index contributed by atoms with van der Waals surface area (Å²) >= 11 is 4.30. The smallest absolute Gasteiger partial charge is 0.315 e. The molecular formula is C26H38I2N2O3. The summed E-state index contributed by atoms with van der Waals surface area (Å²) in [6.45, 7) is 9.82. The highest BCUT2D eigenvalue weighted by molar-refractivity contribution is 14.1. The Morgan fingerprint density at radius 1 is 0.939 bits per heavy atom. The molecule has 0 amide bonds. The van der Waals surface area contributed by atoms with Crippen LogP contribution in [0.25, 0.3) is 0 Å². The number of ether oxygens (including phenoxy) is 1. The van der Waals surface area contributed by atoms with Gasteiger partial charge in [0.25, 0.3) is 0 Å². The number of hydrogen-bond acceptors (Lipinski definition) is 4. The molecule has 1 aliphatic heterocycles. The van der Waals surface area contributed by atoms with E-state index in [2.05, 4.69) is 75.9 Å². The monoisotopic (exact) mass is 680 g/mol. The number of carboxylic acid groups (broad SMARTS) is 1. The fourth-order valence-corrected chi connectivity index (χ4v) is 3.94. The normalized spacial score (nSPS) is 13.7. The first-order chi connectivity index (χ1) is 16.0. The second-order valence-electron chi connectivity index (χ2n) is 7.72. The maximum absolute atomic E-state index is 11.9. The van der Waals surface area contributed by atoms with Gasteiger partial charge in [0, 0.05) is 24.2 Å². The summed E-state index contributed by atoms with van der Waals surface area (Å²) in [6.07, 6.45) is 2.01. The molecule has 5 nitrogen and oxygen atoms in total. The van der Waals surface area contributed by atoms with Crippen LogP contribution in [0.3, 0.4) is 0 Å². The van der Waals surface area contributed by atoms with E-state index in [-0.39, 0.29) is 0 Å². The molecule has 3 rings (SSSR count). The summed E-state index contributed by atoms with van der Waals surface area (Å²) in [5.41, 5.74) is 2.63. The number of aliphatic carboxylic acids is 1. The molecule has 33 heavy (non-hydrogen) atoms. The Balaban J connectivity index is 0.00000129. The van der Waals surface area contributed by atoms with Crippen LogP contribution in [0.1, 0.15) is 42.9 Å². The van der Waals surface area contributed by atoms with E-state index in [1.807, 2.05) is 52.3 Å². The van der Waals surface area contributed by atoms with E-state index in [1.54, 1.807) is 0 Å². The van der Waals surface area contributed by atoms with Crippen molar-refractivity contribution in [1.29, 1.82) is 0 Å². The summed E-state index contributed by atoms with van der Waals surface area (Å²) < 4.78 is 6.04. The lowest BCUT2D eigenvalue weighted by Gasteiger charge is -2.26. The minimum Gasteiger partial charge on any atom is -0.481 e. The van der Waals surface area contributed by atoms with E-state index in [4.69, 9.17) is 4.74 Å². The number of para-hydroxylation sites is 1. The molecule has 0 saturated carbocycles. The lowest BCUT2D eigenvalue weighted by molar-refractivity contribution is -0.137. The van der Waals surface area contributed by atoms with Gasteiger partial charge in [-0.3, -0.25) is 4.79 Å². The number of fused-ring (bicyclic) bond motifs is 2. The molecule has 1 N–H and O–H groups in total. The quantitative estimate of drug-likeness (QED) is 0.236. The molecule has 0 fully saturated rings. The molecule has 0 bridgehead atoms. The van der Waals surface area contributed by atoms with Gasteiger partial charge in [0.1, 0.15) is 17.4 Å². The van der Waals surface area contributed by atoms with Crippen LogP contribution in [-0.4, -0.2) is 70.5 Å². The van der Waals surface area contributed by atoms with Gasteiger partial charge in [-0.15, -0.1) is 0 Å². The Bertz CT molecular complexity index is 844. The zero-order valence-corrected chi connectivity index (χ0v) is 24.8. The Kier molecular flexibility index (Phi) is 15.2. The lowest BCUT2D eigenvalue weighted by atomic mass is 9.87. The molecule has 7 heteroatoms. The third-order valence-electron chi connectivity index (χ3n) is 5.78. The molecule has 2 aromatic rings. The summed E-state index contributed by atoms with van der Waals surface area (Å²) in [7, 11) is 2.17. The van der Waals surface area contributed by atoms with Gasteiger partial charge >= 0.3 is 5.97 Å². The average molecular weight is 680 g/mol. The van der Waals surface area contributed by atoms with Crippen LogP contribution < -0.4 is 4.74 Å². The predicted molar refractivity (Wildman–Crippen MR) is 156 cm³/mol. The van der Waals surface area contributed by atoms with E-state index in [1.165, 1.54) is 5.56 Å². The van der Waals surface area contributed by atoms with Gasteiger partial charge < -0.3 is 19.6 Å². The fourth-order valence-electron chi connectivity index (χ4n) is 3.94. The van der Waals surface area contributed by atoms with Crippen LogP contribution in [0, 0.1) is 0 Å². The van der Waals surface area contributed by atoms with E-state index in [9.17, 15) is 9.90 Å². The van der Waals surface area contributed by atoms with Crippen molar-refractivity contribution >= 4 is 51.2 Å². The number of carboxylic acids is 1. The van der Waals surface area contributed by atoms with Crippen molar-refractivity contribution in [2.24, 2.45) is 0 Å². The maximum Gasteiger partial charge on any atom is 0.315 e. The number of hydrogen-bond donors (Lipinski definition) is 1. The Morgan fingerprint density at radius 2 is 1.58 bits per heavy atom. The van der Waals surface area contributed by atoms with Crippen LogP contribution >= 0.6 is 45.2 Å². The van der Waals surface area contributed by atoms with Crippen LogP contribution in [0.15, 0.2) is 42.5 Å². The van der Waals surface area contributed by atoms with E-state index in [0.29, 0.717) is 11.5 Å². The van der Waals surface area contributed by atoms with Gasteiger partial charge in [0.15, 0.2) is 0 Å². The number of rotatable bonds is 10. The van der Waals surface area contributed by atoms with Crippen molar-refractivity contribution in [3.8, 4) is 11.5 Å². The van der Waals surface area contributed by atoms with Crippen molar-refractivity contribution in [3.05, 3.63) is 59.2 Å². The predicted octanol–water partition coefficient (Wildman–Crippen LogP) is 6.32. The molecule has 1 aliphatic rings. The Morgan fingerprint density at radius 3 is 2.21 bits per heavy atom. The first-order valence-electron chi connectivity index (χ1n) is 11.3. The van der Waals surface area contributed by atoms with Crippen LogP contribution in [0.5, 0.6) is 11.5 Å². The van der Waals surface area contributed by atoms with Crippen LogP contribution in [-0.2, 0) is 11.2 Å². The summed E-state index contributed by atoms with van der Waals surface area (Å²) in [6, 6.07) is 13.4. The second kappa shape index (κ2) is 16.7. The van der Waals surface area contributed by atoms with E-state index >= 15 is 0 Å². The molecule has 0 aliphatic carbocycles. The minimum absolute atomic E-state index is 0.640. The molecular weight excluding hydrogens is 642 g/mol.